The lowest BCUT2D eigenvalue weighted by Crippen LogP contribution is -2.43. The van der Waals surface area contributed by atoms with Crippen LogP contribution in [0.15, 0.2) is 102 Å². The van der Waals surface area contributed by atoms with E-state index >= 15 is 0 Å². The summed E-state index contributed by atoms with van der Waals surface area (Å²) < 4.78 is 26.6. The van der Waals surface area contributed by atoms with E-state index in [1.807, 2.05) is 80.7 Å². The summed E-state index contributed by atoms with van der Waals surface area (Å²) in [6, 6.07) is 25.1. The number of carbonyl (C=O) groups is 2. The lowest BCUT2D eigenvalue weighted by atomic mass is 9.93. The molecule has 1 aliphatic heterocycles. The number of imide groups is 1. The molecule has 0 atom stereocenters. The number of ether oxygens (including phenoxy) is 2. The number of halogens is 1. The van der Waals surface area contributed by atoms with Crippen molar-refractivity contribution in [3.63, 3.8) is 0 Å². The summed E-state index contributed by atoms with van der Waals surface area (Å²) in [5, 5.41) is 14.7. The topological polar surface area (TPSA) is 97.5 Å². The summed E-state index contributed by atoms with van der Waals surface area (Å²) in [6.07, 6.45) is 3.97. The molecule has 0 unspecified atom stereocenters. The van der Waals surface area contributed by atoms with Gasteiger partial charge in [0, 0.05) is 36.0 Å². The average Bonchev–Trinajstić information content (AvgIpc) is 3.47. The van der Waals surface area contributed by atoms with E-state index in [1.54, 1.807) is 29.8 Å². The van der Waals surface area contributed by atoms with Crippen LogP contribution in [0.2, 0.25) is 0 Å². The van der Waals surface area contributed by atoms with E-state index in [-0.39, 0.29) is 36.2 Å². The van der Waals surface area contributed by atoms with Gasteiger partial charge in [-0.25, -0.2) is 9.07 Å². The van der Waals surface area contributed by atoms with Gasteiger partial charge in [-0.05, 0) is 80.8 Å². The zero-order valence-corrected chi connectivity index (χ0v) is 25.4. The Labute approximate surface area is 261 Å². The summed E-state index contributed by atoms with van der Waals surface area (Å²) in [7, 11) is 0. The van der Waals surface area contributed by atoms with Crippen LogP contribution in [0.1, 0.15) is 38.3 Å². The fraction of sp³-hybridized carbons (Fsp3) is 0.222. The smallest absolute Gasteiger partial charge is 0.271 e. The largest absolute Gasteiger partial charge is 0.489 e. The molecule has 5 rings (SSSR count). The van der Waals surface area contributed by atoms with Crippen molar-refractivity contribution < 1.29 is 23.5 Å². The molecule has 2 heterocycles. The van der Waals surface area contributed by atoms with E-state index in [9.17, 15) is 19.2 Å². The van der Waals surface area contributed by atoms with Crippen LogP contribution >= 0.6 is 0 Å². The molecule has 1 aromatic heterocycles. The Balaban J connectivity index is 1.53. The average molecular weight is 605 g/mol. The molecular formula is C36H33FN4O4. The molecular weight excluding hydrogens is 571 g/mol. The van der Waals surface area contributed by atoms with E-state index in [0.29, 0.717) is 35.6 Å². The Bertz CT molecular complexity index is 1800. The van der Waals surface area contributed by atoms with E-state index in [1.165, 1.54) is 12.1 Å². The highest BCUT2D eigenvalue weighted by molar-refractivity contribution is 6.19. The van der Waals surface area contributed by atoms with Crippen LogP contribution in [0.25, 0.3) is 23.0 Å². The van der Waals surface area contributed by atoms with Gasteiger partial charge in [0.25, 0.3) is 11.8 Å². The normalized spacial score (nSPS) is 14.4. The lowest BCUT2D eigenvalue weighted by Gasteiger charge is -2.27. The molecule has 0 bridgehead atoms. The first-order chi connectivity index (χ1) is 21.7. The maximum Gasteiger partial charge on any atom is 0.271 e. The van der Waals surface area contributed by atoms with Gasteiger partial charge in [-0.2, -0.15) is 10.4 Å². The highest BCUT2D eigenvalue weighted by Gasteiger charge is 2.35. The number of para-hydroxylation sites is 1. The Morgan fingerprint density at radius 2 is 1.76 bits per heavy atom. The standard InChI is InChI=1S/C36H33FN4O4/c1-24(2)44-18-8-17-40-35(42)32(25(3)33(21-38)36(40)43)20-28-22-41(30-10-5-4-6-11-30)39-34(28)27-9-7-12-31(19-27)45-23-26-13-15-29(37)16-14-26/h4-7,9-16,19-20,22,24H,8,17-18,23H2,1-3H3/b32-20+. The van der Waals surface area contributed by atoms with Crippen LogP contribution in [-0.2, 0) is 20.9 Å². The van der Waals surface area contributed by atoms with E-state index in [2.05, 4.69) is 0 Å². The van der Waals surface area contributed by atoms with E-state index in [4.69, 9.17) is 14.6 Å². The van der Waals surface area contributed by atoms with Crippen molar-refractivity contribution in [1.29, 1.82) is 5.26 Å². The van der Waals surface area contributed by atoms with E-state index < -0.39 is 11.8 Å². The van der Waals surface area contributed by atoms with Gasteiger partial charge >= 0.3 is 0 Å². The van der Waals surface area contributed by atoms with Crippen molar-refractivity contribution in [2.24, 2.45) is 0 Å². The summed E-state index contributed by atoms with van der Waals surface area (Å²) in [6.45, 7) is 6.21. The minimum atomic E-state index is -0.604. The Morgan fingerprint density at radius 3 is 2.47 bits per heavy atom. The van der Waals surface area contributed by atoms with Gasteiger partial charge in [0.05, 0.1) is 11.8 Å². The number of rotatable bonds is 11. The molecule has 0 fully saturated rings. The van der Waals surface area contributed by atoms with Crippen molar-refractivity contribution in [3.05, 3.63) is 119 Å². The maximum absolute atomic E-state index is 13.7. The van der Waals surface area contributed by atoms with Gasteiger partial charge in [0.2, 0.25) is 0 Å². The van der Waals surface area contributed by atoms with Gasteiger partial charge in [0.15, 0.2) is 0 Å². The van der Waals surface area contributed by atoms with Crippen molar-refractivity contribution in [2.75, 3.05) is 13.2 Å². The fourth-order valence-electron chi connectivity index (χ4n) is 4.94. The van der Waals surface area contributed by atoms with Crippen LogP contribution in [0.3, 0.4) is 0 Å². The first kappa shape index (κ1) is 31.1. The second-order valence-corrected chi connectivity index (χ2v) is 10.9. The highest BCUT2D eigenvalue weighted by atomic mass is 19.1. The molecule has 4 aromatic rings. The van der Waals surface area contributed by atoms with Crippen molar-refractivity contribution >= 4 is 17.9 Å². The molecule has 0 saturated carbocycles. The first-order valence-electron chi connectivity index (χ1n) is 14.7. The highest BCUT2D eigenvalue weighted by Crippen LogP contribution is 2.32. The molecule has 2 amide bonds. The molecule has 1 aliphatic rings. The molecule has 228 valence electrons. The quantitative estimate of drug-likeness (QED) is 0.108. The first-order valence-corrected chi connectivity index (χ1v) is 14.7. The predicted molar refractivity (Wildman–Crippen MR) is 168 cm³/mol. The SMILES string of the molecule is CC1=C(C#N)C(=O)N(CCCOC(C)C)C(=O)/C1=C/c1cn(-c2ccccc2)nc1-c1cccc(OCc2ccc(F)cc2)c1. The van der Waals surface area contributed by atoms with Gasteiger partial charge in [-0.3, -0.25) is 14.5 Å². The summed E-state index contributed by atoms with van der Waals surface area (Å²) in [5.74, 6) is -0.808. The molecule has 0 saturated heterocycles. The van der Waals surface area contributed by atoms with Crippen LogP contribution in [0.4, 0.5) is 4.39 Å². The number of nitriles is 1. The molecule has 45 heavy (non-hydrogen) atoms. The van der Waals surface area contributed by atoms with Crippen LogP contribution in [0, 0.1) is 17.1 Å². The number of aromatic nitrogens is 2. The second-order valence-electron chi connectivity index (χ2n) is 10.9. The molecule has 0 aliphatic carbocycles. The number of carbonyl (C=O) groups excluding carboxylic acids is 2. The van der Waals surface area contributed by atoms with Gasteiger partial charge in [-0.15, -0.1) is 0 Å². The Kier molecular flexibility index (Phi) is 9.66. The third-order valence-electron chi connectivity index (χ3n) is 7.29. The number of benzene rings is 3. The third kappa shape index (κ3) is 7.25. The number of amides is 2. The summed E-state index contributed by atoms with van der Waals surface area (Å²) in [5.41, 5.74) is 4.05. The summed E-state index contributed by atoms with van der Waals surface area (Å²) >= 11 is 0. The van der Waals surface area contributed by atoms with Crippen LogP contribution < -0.4 is 4.74 Å². The van der Waals surface area contributed by atoms with Gasteiger partial charge < -0.3 is 9.47 Å². The molecule has 0 N–H and O–H groups in total. The number of nitrogens with zero attached hydrogens (tertiary/aromatic N) is 4. The maximum atomic E-state index is 13.7. The van der Waals surface area contributed by atoms with Gasteiger partial charge in [0.1, 0.15) is 35.5 Å². The second kappa shape index (κ2) is 14.0. The molecule has 0 radical (unpaired) electrons. The van der Waals surface area contributed by atoms with Crippen molar-refractivity contribution in [1.82, 2.24) is 14.7 Å². The third-order valence-corrected chi connectivity index (χ3v) is 7.29. The Morgan fingerprint density at radius 1 is 1.00 bits per heavy atom. The Hall–Kier alpha value is -5.33. The summed E-state index contributed by atoms with van der Waals surface area (Å²) in [4.78, 5) is 28.0. The minimum Gasteiger partial charge on any atom is -0.489 e. The number of hydrogen-bond acceptors (Lipinski definition) is 6. The van der Waals surface area contributed by atoms with Crippen molar-refractivity contribution in [2.45, 2.75) is 39.9 Å². The van der Waals surface area contributed by atoms with Crippen LogP contribution in [0.5, 0.6) is 5.75 Å². The monoisotopic (exact) mass is 604 g/mol. The van der Waals surface area contributed by atoms with Crippen LogP contribution in [-0.4, -0.2) is 45.8 Å². The van der Waals surface area contributed by atoms with Gasteiger partial charge in [-0.1, -0.05) is 42.5 Å². The van der Waals surface area contributed by atoms with Crippen molar-refractivity contribution in [3.8, 4) is 28.8 Å². The minimum absolute atomic E-state index is 0.0245. The zero-order valence-electron chi connectivity index (χ0n) is 25.4. The fourth-order valence-corrected chi connectivity index (χ4v) is 4.94. The van der Waals surface area contributed by atoms with E-state index in [0.717, 1.165) is 21.7 Å². The lowest BCUT2D eigenvalue weighted by molar-refractivity contribution is -0.140. The molecule has 0 spiro atoms. The predicted octanol–water partition coefficient (Wildman–Crippen LogP) is 6.66. The molecule has 3 aromatic carbocycles. The molecule has 9 heteroatoms. The zero-order chi connectivity index (χ0) is 31.9. The molecule has 8 nitrogen and oxygen atoms in total. The number of hydrogen-bond donors (Lipinski definition) is 0.